The Balaban J connectivity index is 2.34. The predicted octanol–water partition coefficient (Wildman–Crippen LogP) is 2.14. The van der Waals surface area contributed by atoms with Crippen LogP contribution in [-0.2, 0) is 4.79 Å². The van der Waals surface area contributed by atoms with E-state index in [9.17, 15) is 13.6 Å². The number of hydrogen-bond donors (Lipinski definition) is 1. The van der Waals surface area contributed by atoms with Gasteiger partial charge in [-0.3, -0.25) is 4.79 Å². The van der Waals surface area contributed by atoms with Gasteiger partial charge in [0, 0.05) is 5.92 Å². The van der Waals surface area contributed by atoms with Crippen molar-refractivity contribution in [2.75, 3.05) is 0 Å². The Morgan fingerprint density at radius 1 is 1.25 bits per heavy atom. The van der Waals surface area contributed by atoms with E-state index in [-0.39, 0.29) is 5.92 Å². The second kappa shape index (κ2) is 3.83. The molecule has 1 N–H and O–H groups in total. The van der Waals surface area contributed by atoms with Gasteiger partial charge in [0.15, 0.2) is 0 Å². The number of rotatable bonds is 2. The zero-order chi connectivity index (χ0) is 9.14. The molecule has 0 unspecified atom stereocenters. The number of carboxylic acid groups (broad SMARTS) is 1. The SMILES string of the molecule is O=C(O)C1CCC(C(F)F)CC1. The number of carbonyl (C=O) groups is 1. The Morgan fingerprint density at radius 3 is 2.08 bits per heavy atom. The first kappa shape index (κ1) is 9.42. The van der Waals surface area contributed by atoms with Crippen molar-refractivity contribution in [3.63, 3.8) is 0 Å². The zero-order valence-electron chi connectivity index (χ0n) is 6.67. The van der Waals surface area contributed by atoms with E-state index in [1.54, 1.807) is 0 Å². The molecule has 0 amide bonds. The van der Waals surface area contributed by atoms with Crippen molar-refractivity contribution in [2.24, 2.45) is 11.8 Å². The minimum atomic E-state index is -2.28. The first-order valence-corrected chi connectivity index (χ1v) is 4.12. The largest absolute Gasteiger partial charge is 0.481 e. The van der Waals surface area contributed by atoms with Crippen molar-refractivity contribution in [1.82, 2.24) is 0 Å². The van der Waals surface area contributed by atoms with Crippen LogP contribution in [0.15, 0.2) is 0 Å². The van der Waals surface area contributed by atoms with E-state index in [1.165, 1.54) is 0 Å². The van der Waals surface area contributed by atoms with E-state index in [0.717, 1.165) is 0 Å². The van der Waals surface area contributed by atoms with Gasteiger partial charge in [-0.15, -0.1) is 0 Å². The molecule has 4 heteroatoms. The normalized spacial score (nSPS) is 30.6. The molecule has 0 radical (unpaired) electrons. The van der Waals surface area contributed by atoms with Gasteiger partial charge in [0.05, 0.1) is 5.92 Å². The van der Waals surface area contributed by atoms with Crippen LogP contribution in [0.2, 0.25) is 0 Å². The molecule has 0 spiro atoms. The molecule has 0 aromatic rings. The van der Waals surface area contributed by atoms with E-state index in [4.69, 9.17) is 5.11 Å². The van der Waals surface area contributed by atoms with Crippen LogP contribution >= 0.6 is 0 Å². The third kappa shape index (κ3) is 2.16. The van der Waals surface area contributed by atoms with Crippen LogP contribution in [0.3, 0.4) is 0 Å². The van der Waals surface area contributed by atoms with E-state index in [2.05, 4.69) is 0 Å². The molecule has 0 aromatic heterocycles. The molecule has 70 valence electrons. The fourth-order valence-electron chi connectivity index (χ4n) is 1.62. The average Bonchev–Trinajstić information content (AvgIpc) is 2.04. The van der Waals surface area contributed by atoms with Crippen LogP contribution < -0.4 is 0 Å². The maximum absolute atomic E-state index is 12.1. The lowest BCUT2D eigenvalue weighted by atomic mass is 9.82. The third-order valence-electron chi connectivity index (χ3n) is 2.48. The van der Waals surface area contributed by atoms with Crippen molar-refractivity contribution in [3.8, 4) is 0 Å². The Kier molecular flexibility index (Phi) is 3.00. The van der Waals surface area contributed by atoms with Gasteiger partial charge in [0.1, 0.15) is 0 Å². The fourth-order valence-corrected chi connectivity index (χ4v) is 1.62. The lowest BCUT2D eigenvalue weighted by Gasteiger charge is -2.25. The van der Waals surface area contributed by atoms with Gasteiger partial charge in [0.2, 0.25) is 6.43 Å². The molecular weight excluding hydrogens is 166 g/mol. The van der Waals surface area contributed by atoms with Crippen molar-refractivity contribution in [3.05, 3.63) is 0 Å². The Bertz CT molecular complexity index is 162. The zero-order valence-corrected chi connectivity index (χ0v) is 6.67. The highest BCUT2D eigenvalue weighted by Crippen LogP contribution is 2.32. The lowest BCUT2D eigenvalue weighted by molar-refractivity contribution is -0.143. The Labute approximate surface area is 69.6 Å². The summed E-state index contributed by atoms with van der Waals surface area (Å²) in [4.78, 5) is 10.4. The monoisotopic (exact) mass is 178 g/mol. The summed E-state index contributed by atoms with van der Waals surface area (Å²) in [5, 5.41) is 8.58. The number of aliphatic carboxylic acids is 1. The number of alkyl halides is 2. The molecule has 0 aliphatic heterocycles. The van der Waals surface area contributed by atoms with Crippen LogP contribution in [0.4, 0.5) is 8.78 Å². The molecule has 0 bridgehead atoms. The van der Waals surface area contributed by atoms with Gasteiger partial charge in [-0.2, -0.15) is 0 Å². The van der Waals surface area contributed by atoms with E-state index in [0.29, 0.717) is 25.7 Å². The van der Waals surface area contributed by atoms with Gasteiger partial charge in [0.25, 0.3) is 0 Å². The molecule has 0 heterocycles. The molecule has 2 nitrogen and oxygen atoms in total. The maximum Gasteiger partial charge on any atom is 0.306 e. The molecule has 0 saturated heterocycles. The van der Waals surface area contributed by atoms with Crippen LogP contribution in [0.1, 0.15) is 25.7 Å². The average molecular weight is 178 g/mol. The van der Waals surface area contributed by atoms with Crippen LogP contribution in [0, 0.1) is 11.8 Å². The first-order chi connectivity index (χ1) is 5.61. The second-order valence-electron chi connectivity index (χ2n) is 3.28. The minimum Gasteiger partial charge on any atom is -0.481 e. The highest BCUT2D eigenvalue weighted by molar-refractivity contribution is 5.69. The Morgan fingerprint density at radius 2 is 1.75 bits per heavy atom. The van der Waals surface area contributed by atoms with Crippen molar-refractivity contribution >= 4 is 5.97 Å². The van der Waals surface area contributed by atoms with Crippen LogP contribution in [0.5, 0.6) is 0 Å². The second-order valence-corrected chi connectivity index (χ2v) is 3.28. The minimum absolute atomic E-state index is 0.356. The summed E-state index contributed by atoms with van der Waals surface area (Å²) in [5.41, 5.74) is 0. The van der Waals surface area contributed by atoms with E-state index < -0.39 is 18.3 Å². The molecule has 0 atom stereocenters. The van der Waals surface area contributed by atoms with Crippen molar-refractivity contribution in [2.45, 2.75) is 32.1 Å². The summed E-state index contributed by atoms with van der Waals surface area (Å²) in [6.45, 7) is 0. The smallest absolute Gasteiger partial charge is 0.306 e. The molecule has 1 aliphatic rings. The highest BCUT2D eigenvalue weighted by Gasteiger charge is 2.30. The van der Waals surface area contributed by atoms with Gasteiger partial charge in [-0.25, -0.2) is 8.78 Å². The maximum atomic E-state index is 12.1. The summed E-state index contributed by atoms with van der Waals surface area (Å²) >= 11 is 0. The number of hydrogen-bond acceptors (Lipinski definition) is 1. The van der Waals surface area contributed by atoms with Gasteiger partial charge >= 0.3 is 5.97 Å². The van der Waals surface area contributed by atoms with Crippen LogP contribution in [-0.4, -0.2) is 17.5 Å². The number of carboxylic acids is 1. The highest BCUT2D eigenvalue weighted by atomic mass is 19.3. The summed E-state index contributed by atoms with van der Waals surface area (Å²) in [6.07, 6.45) is -0.752. The van der Waals surface area contributed by atoms with E-state index in [1.807, 2.05) is 0 Å². The molecule has 1 aliphatic carbocycles. The topological polar surface area (TPSA) is 37.3 Å². The third-order valence-corrected chi connectivity index (χ3v) is 2.48. The quantitative estimate of drug-likeness (QED) is 0.703. The molecule has 1 saturated carbocycles. The standard InChI is InChI=1S/C8H12F2O2/c9-7(10)5-1-3-6(4-2-5)8(11)12/h5-7H,1-4H2,(H,11,12). The first-order valence-electron chi connectivity index (χ1n) is 4.12. The summed E-state index contributed by atoms with van der Waals surface area (Å²) in [5.74, 6) is -1.80. The van der Waals surface area contributed by atoms with Crippen molar-refractivity contribution < 1.29 is 18.7 Å². The summed E-state index contributed by atoms with van der Waals surface area (Å²) < 4.78 is 24.2. The van der Waals surface area contributed by atoms with Gasteiger partial charge < -0.3 is 5.11 Å². The predicted molar refractivity (Wildman–Crippen MR) is 39.1 cm³/mol. The summed E-state index contributed by atoms with van der Waals surface area (Å²) in [7, 11) is 0. The van der Waals surface area contributed by atoms with Crippen LogP contribution in [0.25, 0.3) is 0 Å². The molecule has 1 fully saturated rings. The molecular formula is C8H12F2O2. The van der Waals surface area contributed by atoms with Gasteiger partial charge in [-0.1, -0.05) is 0 Å². The molecule has 1 rings (SSSR count). The molecule has 12 heavy (non-hydrogen) atoms. The fraction of sp³-hybridized carbons (Fsp3) is 0.875. The molecule has 0 aromatic carbocycles. The van der Waals surface area contributed by atoms with E-state index >= 15 is 0 Å². The van der Waals surface area contributed by atoms with Gasteiger partial charge in [-0.05, 0) is 25.7 Å². The number of halogens is 2. The van der Waals surface area contributed by atoms with Crippen molar-refractivity contribution in [1.29, 1.82) is 0 Å². The Hall–Kier alpha value is -0.670. The summed E-state index contributed by atoms with van der Waals surface area (Å²) in [6, 6.07) is 0. The lowest BCUT2D eigenvalue weighted by Crippen LogP contribution is -2.24.